The van der Waals surface area contributed by atoms with E-state index in [1.54, 1.807) is 12.1 Å². The summed E-state index contributed by atoms with van der Waals surface area (Å²) in [5.41, 5.74) is 1.82. The molecule has 0 aliphatic carbocycles. The average Bonchev–Trinajstić information content (AvgIpc) is 2.44. The third-order valence-electron chi connectivity index (χ3n) is 3.95. The number of aldehydes is 2. The van der Waals surface area contributed by atoms with Gasteiger partial charge in [0.25, 0.3) is 0 Å². The smallest absolute Gasteiger partial charge is 0.166 e. The fourth-order valence-electron chi connectivity index (χ4n) is 2.33. The van der Waals surface area contributed by atoms with Crippen LogP contribution < -0.4 is 4.90 Å². The molecule has 0 radical (unpaired) electrons. The van der Waals surface area contributed by atoms with E-state index in [1.807, 2.05) is 24.8 Å². The van der Waals surface area contributed by atoms with Gasteiger partial charge in [-0.2, -0.15) is 0 Å². The van der Waals surface area contributed by atoms with Gasteiger partial charge in [-0.1, -0.05) is 13.8 Å². The van der Waals surface area contributed by atoms with E-state index in [9.17, 15) is 14.4 Å². The third kappa shape index (κ3) is 2.64. The van der Waals surface area contributed by atoms with Crippen molar-refractivity contribution in [3.8, 4) is 0 Å². The highest BCUT2D eigenvalue weighted by Crippen LogP contribution is 2.26. The number of anilines is 1. The van der Waals surface area contributed by atoms with Crippen LogP contribution in [0.2, 0.25) is 0 Å². The van der Waals surface area contributed by atoms with E-state index in [0.717, 1.165) is 24.7 Å². The van der Waals surface area contributed by atoms with E-state index >= 15 is 0 Å². The summed E-state index contributed by atoms with van der Waals surface area (Å²) in [5.74, 6) is 0.00892. The van der Waals surface area contributed by atoms with Crippen LogP contribution in [0.4, 0.5) is 5.69 Å². The molecule has 1 unspecified atom stereocenters. The van der Waals surface area contributed by atoms with Gasteiger partial charge < -0.3 is 9.69 Å². The standard InChI is InChI=1S/C16H19NO3/c1-3-11(2)16(20)15-5-4-14(6-13(15)10-19)17-7-12(8-17)9-18/h4-6,9-12H,3,7-8H2,1-2H3. The Balaban J connectivity index is 2.22. The van der Waals surface area contributed by atoms with Gasteiger partial charge in [-0.25, -0.2) is 0 Å². The number of Topliss-reactive ketones (excluding diaryl/α,β-unsaturated/α-hetero) is 1. The number of carbonyl (C=O) groups excluding carboxylic acids is 3. The minimum Gasteiger partial charge on any atom is -0.370 e. The lowest BCUT2D eigenvalue weighted by Crippen LogP contribution is -2.47. The van der Waals surface area contributed by atoms with Crippen molar-refractivity contribution in [2.75, 3.05) is 18.0 Å². The summed E-state index contributed by atoms with van der Waals surface area (Å²) in [6.07, 6.45) is 2.44. The van der Waals surface area contributed by atoms with E-state index in [-0.39, 0.29) is 17.6 Å². The molecule has 0 aromatic heterocycles. The van der Waals surface area contributed by atoms with Crippen LogP contribution >= 0.6 is 0 Å². The van der Waals surface area contributed by atoms with Gasteiger partial charge in [0.1, 0.15) is 6.29 Å². The highest BCUT2D eigenvalue weighted by atomic mass is 16.1. The van der Waals surface area contributed by atoms with E-state index in [1.165, 1.54) is 0 Å². The number of nitrogens with zero attached hydrogens (tertiary/aromatic N) is 1. The summed E-state index contributed by atoms with van der Waals surface area (Å²) in [7, 11) is 0. The third-order valence-corrected chi connectivity index (χ3v) is 3.95. The number of benzene rings is 1. The van der Waals surface area contributed by atoms with Gasteiger partial charge in [0.2, 0.25) is 0 Å². The van der Waals surface area contributed by atoms with Crippen molar-refractivity contribution in [2.45, 2.75) is 20.3 Å². The lowest BCUT2D eigenvalue weighted by molar-refractivity contribution is -0.111. The molecule has 4 nitrogen and oxygen atoms in total. The fraction of sp³-hybridized carbons (Fsp3) is 0.438. The summed E-state index contributed by atoms with van der Waals surface area (Å²) in [5, 5.41) is 0. The van der Waals surface area contributed by atoms with Gasteiger partial charge in [0, 0.05) is 41.7 Å². The molecule has 0 amide bonds. The van der Waals surface area contributed by atoms with Crippen molar-refractivity contribution in [3.63, 3.8) is 0 Å². The number of rotatable bonds is 6. The molecule has 0 bridgehead atoms. The molecule has 0 saturated carbocycles. The summed E-state index contributed by atoms with van der Waals surface area (Å²) < 4.78 is 0. The Morgan fingerprint density at radius 3 is 2.65 bits per heavy atom. The zero-order valence-corrected chi connectivity index (χ0v) is 11.8. The molecule has 1 aliphatic rings. The molecule has 1 atom stereocenters. The summed E-state index contributed by atoms with van der Waals surface area (Å²) in [6.45, 7) is 5.19. The van der Waals surface area contributed by atoms with Gasteiger partial charge in [-0.3, -0.25) is 9.59 Å². The number of ketones is 1. The van der Waals surface area contributed by atoms with E-state index in [0.29, 0.717) is 24.2 Å². The molecule has 1 aromatic carbocycles. The quantitative estimate of drug-likeness (QED) is 0.590. The lowest BCUT2D eigenvalue weighted by Gasteiger charge is -2.38. The minimum atomic E-state index is -0.0806. The molecule has 106 valence electrons. The SMILES string of the molecule is CCC(C)C(=O)c1ccc(N2CC(C=O)C2)cc1C=O. The van der Waals surface area contributed by atoms with Gasteiger partial charge in [0.05, 0.1) is 0 Å². The molecule has 2 rings (SSSR count). The Labute approximate surface area is 118 Å². The first kappa shape index (κ1) is 14.4. The molecule has 1 aromatic rings. The Morgan fingerprint density at radius 1 is 1.40 bits per heavy atom. The second-order valence-electron chi connectivity index (χ2n) is 5.36. The number of hydrogen-bond acceptors (Lipinski definition) is 4. The fourth-order valence-corrected chi connectivity index (χ4v) is 2.33. The predicted molar refractivity (Wildman–Crippen MR) is 77.4 cm³/mol. The summed E-state index contributed by atoms with van der Waals surface area (Å²) >= 11 is 0. The Bertz CT molecular complexity index is 533. The van der Waals surface area contributed by atoms with E-state index in [2.05, 4.69) is 0 Å². The first-order valence-corrected chi connectivity index (χ1v) is 6.94. The van der Waals surface area contributed by atoms with Gasteiger partial charge in [0.15, 0.2) is 12.1 Å². The first-order valence-electron chi connectivity index (χ1n) is 6.94. The maximum Gasteiger partial charge on any atom is 0.166 e. The van der Waals surface area contributed by atoms with Crippen molar-refractivity contribution in [1.82, 2.24) is 0 Å². The average molecular weight is 273 g/mol. The van der Waals surface area contributed by atoms with Crippen LogP contribution in [0, 0.1) is 11.8 Å². The number of carbonyl (C=O) groups is 3. The first-order chi connectivity index (χ1) is 9.60. The topological polar surface area (TPSA) is 54.5 Å². The highest BCUT2D eigenvalue weighted by molar-refractivity contribution is 6.04. The van der Waals surface area contributed by atoms with Crippen LogP contribution in [0.1, 0.15) is 41.0 Å². The summed E-state index contributed by atoms with van der Waals surface area (Å²) in [6, 6.07) is 5.31. The second-order valence-corrected chi connectivity index (χ2v) is 5.36. The highest BCUT2D eigenvalue weighted by Gasteiger charge is 2.27. The van der Waals surface area contributed by atoms with Gasteiger partial charge >= 0.3 is 0 Å². The molecule has 1 heterocycles. The van der Waals surface area contributed by atoms with Crippen LogP contribution in [0.5, 0.6) is 0 Å². The monoisotopic (exact) mass is 273 g/mol. The molecule has 4 heteroatoms. The molecule has 1 aliphatic heterocycles. The molecule has 0 N–H and O–H groups in total. The van der Waals surface area contributed by atoms with Crippen LogP contribution in [0.25, 0.3) is 0 Å². The molecular formula is C16H19NO3. The number of hydrogen-bond donors (Lipinski definition) is 0. The van der Waals surface area contributed by atoms with Crippen LogP contribution in [-0.4, -0.2) is 31.4 Å². The molecule has 20 heavy (non-hydrogen) atoms. The second kappa shape index (κ2) is 5.99. The Kier molecular flexibility index (Phi) is 4.32. The van der Waals surface area contributed by atoms with Crippen molar-refractivity contribution < 1.29 is 14.4 Å². The lowest BCUT2D eigenvalue weighted by atomic mass is 9.93. The zero-order chi connectivity index (χ0) is 14.7. The van der Waals surface area contributed by atoms with Crippen molar-refractivity contribution in [1.29, 1.82) is 0 Å². The van der Waals surface area contributed by atoms with Crippen LogP contribution in [0.3, 0.4) is 0 Å². The molecular weight excluding hydrogens is 254 g/mol. The zero-order valence-electron chi connectivity index (χ0n) is 11.8. The minimum absolute atomic E-state index is 0.00975. The normalized spacial score (nSPS) is 16.4. The van der Waals surface area contributed by atoms with E-state index in [4.69, 9.17) is 0 Å². The van der Waals surface area contributed by atoms with Crippen LogP contribution in [-0.2, 0) is 4.79 Å². The van der Waals surface area contributed by atoms with Gasteiger partial charge in [-0.15, -0.1) is 0 Å². The van der Waals surface area contributed by atoms with Crippen LogP contribution in [0.15, 0.2) is 18.2 Å². The predicted octanol–water partition coefficient (Wildman–Crippen LogP) is 2.36. The molecule has 0 spiro atoms. The van der Waals surface area contributed by atoms with E-state index < -0.39 is 0 Å². The largest absolute Gasteiger partial charge is 0.370 e. The Hall–Kier alpha value is -1.97. The van der Waals surface area contributed by atoms with Crippen molar-refractivity contribution >= 4 is 24.0 Å². The van der Waals surface area contributed by atoms with Gasteiger partial charge in [-0.05, 0) is 24.6 Å². The molecule has 1 fully saturated rings. The van der Waals surface area contributed by atoms with Crippen molar-refractivity contribution in [2.24, 2.45) is 11.8 Å². The maximum absolute atomic E-state index is 12.2. The summed E-state index contributed by atoms with van der Waals surface area (Å²) in [4.78, 5) is 36.1. The Morgan fingerprint density at radius 2 is 2.10 bits per heavy atom. The molecule has 1 saturated heterocycles. The van der Waals surface area contributed by atoms with Crippen molar-refractivity contribution in [3.05, 3.63) is 29.3 Å². The maximum atomic E-state index is 12.2.